The summed E-state index contributed by atoms with van der Waals surface area (Å²) in [6.07, 6.45) is 6.77. The van der Waals surface area contributed by atoms with E-state index in [4.69, 9.17) is 4.74 Å². The van der Waals surface area contributed by atoms with Crippen molar-refractivity contribution in [2.24, 2.45) is 0 Å². The molecule has 0 aromatic heterocycles. The van der Waals surface area contributed by atoms with E-state index in [1.54, 1.807) is 11.8 Å². The van der Waals surface area contributed by atoms with Crippen molar-refractivity contribution in [3.63, 3.8) is 0 Å². The molecule has 1 saturated carbocycles. The molecule has 1 N–H and O–H groups in total. The Bertz CT molecular complexity index is 498. The lowest BCUT2D eigenvalue weighted by molar-refractivity contribution is -0.121. The molecule has 1 amide bonds. The van der Waals surface area contributed by atoms with Crippen molar-refractivity contribution in [3.05, 3.63) is 29.3 Å². The highest BCUT2D eigenvalue weighted by molar-refractivity contribution is 7.99. The fraction of sp³-hybridized carbons (Fsp3) is 0.632. The van der Waals surface area contributed by atoms with E-state index in [9.17, 15) is 4.79 Å². The summed E-state index contributed by atoms with van der Waals surface area (Å²) in [5.74, 6) is 2.97. The van der Waals surface area contributed by atoms with Crippen molar-refractivity contribution in [2.45, 2.75) is 58.4 Å². The Kier molecular flexibility index (Phi) is 7.80. The van der Waals surface area contributed by atoms with Gasteiger partial charge < -0.3 is 10.1 Å². The predicted octanol–water partition coefficient (Wildman–Crippen LogP) is 4.25. The molecule has 128 valence electrons. The summed E-state index contributed by atoms with van der Waals surface area (Å²) in [4.78, 5) is 11.9. The highest BCUT2D eigenvalue weighted by Crippen LogP contribution is 2.20. The summed E-state index contributed by atoms with van der Waals surface area (Å²) < 4.78 is 5.82. The summed E-state index contributed by atoms with van der Waals surface area (Å²) in [6.45, 7) is 4.84. The number of nitrogens with one attached hydrogen (secondary N) is 1. The van der Waals surface area contributed by atoms with Crippen molar-refractivity contribution >= 4 is 17.7 Å². The minimum absolute atomic E-state index is 0.208. The van der Waals surface area contributed by atoms with Crippen molar-refractivity contribution in [1.29, 1.82) is 0 Å². The summed E-state index contributed by atoms with van der Waals surface area (Å²) in [7, 11) is 0. The summed E-state index contributed by atoms with van der Waals surface area (Å²) in [5, 5.41) is 3.17. The van der Waals surface area contributed by atoms with Crippen molar-refractivity contribution in [2.75, 3.05) is 18.1 Å². The first-order chi connectivity index (χ1) is 11.1. The zero-order chi connectivity index (χ0) is 16.5. The average Bonchev–Trinajstić information content (AvgIpc) is 2.55. The lowest BCUT2D eigenvalue weighted by Gasteiger charge is -2.22. The van der Waals surface area contributed by atoms with Crippen molar-refractivity contribution in [1.82, 2.24) is 5.32 Å². The number of rotatable bonds is 8. The van der Waals surface area contributed by atoms with E-state index in [0.29, 0.717) is 19.1 Å². The molecule has 0 aliphatic heterocycles. The number of benzene rings is 1. The number of carbonyl (C=O) groups is 1. The number of hydrogen-bond donors (Lipinski definition) is 1. The van der Waals surface area contributed by atoms with Gasteiger partial charge in [-0.15, -0.1) is 0 Å². The molecule has 0 heterocycles. The van der Waals surface area contributed by atoms with Crippen LogP contribution in [0.2, 0.25) is 0 Å². The van der Waals surface area contributed by atoms with Crippen LogP contribution in [0.1, 0.15) is 49.7 Å². The molecule has 0 spiro atoms. The van der Waals surface area contributed by atoms with Gasteiger partial charge in [0.15, 0.2) is 0 Å². The molecule has 1 fully saturated rings. The van der Waals surface area contributed by atoms with Crippen LogP contribution in [0.3, 0.4) is 0 Å². The molecule has 0 unspecified atom stereocenters. The third-order valence-electron chi connectivity index (χ3n) is 4.27. The molecule has 3 nitrogen and oxygen atoms in total. The van der Waals surface area contributed by atoms with E-state index in [1.807, 2.05) is 0 Å². The van der Waals surface area contributed by atoms with E-state index >= 15 is 0 Å². The second kappa shape index (κ2) is 9.86. The molecule has 1 aliphatic carbocycles. The van der Waals surface area contributed by atoms with Crippen LogP contribution in [0.4, 0.5) is 0 Å². The third-order valence-corrected chi connectivity index (χ3v) is 5.22. The van der Waals surface area contributed by atoms with E-state index in [2.05, 4.69) is 37.4 Å². The first kappa shape index (κ1) is 18.2. The smallest absolute Gasteiger partial charge is 0.221 e. The van der Waals surface area contributed by atoms with Gasteiger partial charge in [-0.1, -0.05) is 31.4 Å². The SMILES string of the molecule is Cc1ccc(C)c(OCCSCCC(=O)NC2CCCCC2)c1. The summed E-state index contributed by atoms with van der Waals surface area (Å²) >= 11 is 1.79. The van der Waals surface area contributed by atoms with Gasteiger partial charge in [0.1, 0.15) is 5.75 Å². The highest BCUT2D eigenvalue weighted by Gasteiger charge is 2.15. The standard InChI is InChI=1S/C19H29NO2S/c1-15-8-9-16(2)18(14-15)22-11-13-23-12-10-19(21)20-17-6-4-3-5-7-17/h8-9,14,17H,3-7,10-13H2,1-2H3,(H,20,21). The summed E-state index contributed by atoms with van der Waals surface area (Å²) in [6, 6.07) is 6.70. The van der Waals surface area contributed by atoms with Crippen LogP contribution in [-0.2, 0) is 4.79 Å². The molecular formula is C19H29NO2S. The molecule has 0 bridgehead atoms. The van der Waals surface area contributed by atoms with Gasteiger partial charge in [0, 0.05) is 24.0 Å². The second-order valence-electron chi connectivity index (χ2n) is 6.38. The lowest BCUT2D eigenvalue weighted by Crippen LogP contribution is -2.36. The molecule has 1 aromatic rings. The number of hydrogen-bond acceptors (Lipinski definition) is 3. The van der Waals surface area contributed by atoms with Gasteiger partial charge in [0.25, 0.3) is 0 Å². The van der Waals surface area contributed by atoms with Crippen LogP contribution in [0.25, 0.3) is 0 Å². The summed E-state index contributed by atoms with van der Waals surface area (Å²) in [5.41, 5.74) is 2.39. The van der Waals surface area contributed by atoms with Crippen LogP contribution in [0, 0.1) is 13.8 Å². The minimum Gasteiger partial charge on any atom is -0.492 e. The van der Waals surface area contributed by atoms with Crippen LogP contribution in [0.5, 0.6) is 5.75 Å². The van der Waals surface area contributed by atoms with Crippen molar-refractivity contribution in [3.8, 4) is 5.75 Å². The van der Waals surface area contributed by atoms with E-state index in [0.717, 1.165) is 30.1 Å². The highest BCUT2D eigenvalue weighted by atomic mass is 32.2. The molecule has 0 saturated heterocycles. The Morgan fingerprint density at radius 1 is 1.22 bits per heavy atom. The number of amides is 1. The molecular weight excluding hydrogens is 306 g/mol. The molecule has 0 radical (unpaired) electrons. The monoisotopic (exact) mass is 335 g/mol. The van der Waals surface area contributed by atoms with Crippen LogP contribution in [-0.4, -0.2) is 30.1 Å². The maximum atomic E-state index is 11.9. The molecule has 23 heavy (non-hydrogen) atoms. The Hall–Kier alpha value is -1.16. The maximum Gasteiger partial charge on any atom is 0.221 e. The van der Waals surface area contributed by atoms with E-state index in [-0.39, 0.29) is 5.91 Å². The minimum atomic E-state index is 0.208. The number of aryl methyl sites for hydroxylation is 2. The predicted molar refractivity (Wildman–Crippen MR) is 98.4 cm³/mol. The van der Waals surface area contributed by atoms with E-state index in [1.165, 1.54) is 30.4 Å². The number of carbonyl (C=O) groups excluding carboxylic acids is 1. The largest absolute Gasteiger partial charge is 0.492 e. The van der Waals surface area contributed by atoms with Gasteiger partial charge in [-0.05, 0) is 43.9 Å². The normalized spacial score (nSPS) is 15.4. The third kappa shape index (κ3) is 6.86. The topological polar surface area (TPSA) is 38.3 Å². The average molecular weight is 336 g/mol. The van der Waals surface area contributed by atoms with Gasteiger partial charge in [0.05, 0.1) is 6.61 Å². The van der Waals surface area contributed by atoms with Gasteiger partial charge in [0.2, 0.25) is 5.91 Å². The molecule has 0 atom stereocenters. The molecule has 1 aromatic carbocycles. The molecule has 2 rings (SSSR count). The maximum absolute atomic E-state index is 11.9. The first-order valence-corrected chi connectivity index (χ1v) is 9.88. The second-order valence-corrected chi connectivity index (χ2v) is 7.61. The number of thioether (sulfide) groups is 1. The Labute approximate surface area is 144 Å². The number of ether oxygens (including phenoxy) is 1. The quantitative estimate of drug-likeness (QED) is 0.722. The van der Waals surface area contributed by atoms with Gasteiger partial charge in [-0.3, -0.25) is 4.79 Å². The fourth-order valence-electron chi connectivity index (χ4n) is 2.89. The molecule has 1 aliphatic rings. The van der Waals surface area contributed by atoms with Crippen LogP contribution >= 0.6 is 11.8 Å². The molecule has 4 heteroatoms. The van der Waals surface area contributed by atoms with Gasteiger partial charge >= 0.3 is 0 Å². The zero-order valence-corrected chi connectivity index (χ0v) is 15.2. The Morgan fingerprint density at radius 2 is 2.00 bits per heavy atom. The van der Waals surface area contributed by atoms with Gasteiger partial charge in [-0.2, -0.15) is 11.8 Å². The Morgan fingerprint density at radius 3 is 2.78 bits per heavy atom. The first-order valence-electron chi connectivity index (χ1n) is 8.72. The van der Waals surface area contributed by atoms with Crippen LogP contribution in [0.15, 0.2) is 18.2 Å². The van der Waals surface area contributed by atoms with Crippen molar-refractivity contribution < 1.29 is 9.53 Å². The zero-order valence-electron chi connectivity index (χ0n) is 14.4. The van der Waals surface area contributed by atoms with Gasteiger partial charge in [-0.25, -0.2) is 0 Å². The Balaban J connectivity index is 1.53. The lowest BCUT2D eigenvalue weighted by atomic mass is 9.95. The fourth-order valence-corrected chi connectivity index (χ4v) is 3.62. The van der Waals surface area contributed by atoms with E-state index < -0.39 is 0 Å². The van der Waals surface area contributed by atoms with Crippen LogP contribution < -0.4 is 10.1 Å².